The van der Waals surface area contributed by atoms with Crippen molar-refractivity contribution in [3.63, 3.8) is 0 Å². The van der Waals surface area contributed by atoms with Crippen molar-refractivity contribution in [1.29, 1.82) is 0 Å². The van der Waals surface area contributed by atoms with Crippen molar-refractivity contribution in [2.75, 3.05) is 11.9 Å². The van der Waals surface area contributed by atoms with Crippen molar-refractivity contribution in [2.45, 2.75) is 0 Å². The first-order chi connectivity index (χ1) is 27.0. The zero-order valence-electron chi connectivity index (χ0n) is 40.4. The van der Waals surface area contributed by atoms with Gasteiger partial charge in [-0.3, -0.25) is 0 Å². The van der Waals surface area contributed by atoms with E-state index in [4.69, 9.17) is 6.42 Å². The molecule has 0 saturated carbocycles. The maximum atomic E-state index is 6.34. The first-order valence-corrected chi connectivity index (χ1v) is 21.3. The van der Waals surface area contributed by atoms with Crippen LogP contribution in [0.5, 0.6) is 0 Å². The van der Waals surface area contributed by atoms with Crippen LogP contribution in [-0.2, 0) is 0 Å². The van der Waals surface area contributed by atoms with Crippen LogP contribution >= 0.6 is 0 Å². The molecule has 0 radical (unpaired) electrons. The van der Waals surface area contributed by atoms with Gasteiger partial charge in [-0.25, -0.2) is 0 Å². The van der Waals surface area contributed by atoms with Crippen LogP contribution in [-0.4, -0.2) is 179 Å². The fourth-order valence-corrected chi connectivity index (χ4v) is 10.1. The van der Waals surface area contributed by atoms with E-state index in [1.54, 1.807) is 0 Å². The van der Waals surface area contributed by atoms with E-state index in [1.807, 2.05) is 0 Å². The van der Waals surface area contributed by atoms with Gasteiger partial charge in [-0.1, -0.05) is 93.9 Å². The number of terminal acetylenes is 1. The second-order valence-corrected chi connectivity index (χ2v) is 18.0. The van der Waals surface area contributed by atoms with Gasteiger partial charge in [0.2, 0.25) is 0 Å². The molecule has 0 aromatic heterocycles. The molecule has 0 heterocycles. The first kappa shape index (κ1) is 45.7. The standard InChI is InChI=1S/C35H49B22N/c1-2-6(36)10(12-16(39)5(3-7(37)17(12)40)9-11-13(21(44)27(50)19(9)42)22(45)29(52)28(51)20(11)43)18(41)8(38)4-58-35-33(56)25(48)15(26(49)34(35)57)14-23(46)30(53)32(55)31(54)24(14)47/h1,3,58H,4,36-57H2/b10-6+,18-8-. The summed E-state index contributed by atoms with van der Waals surface area (Å²) in [7, 11) is 50.3. The molecule has 0 aliphatic heterocycles. The summed E-state index contributed by atoms with van der Waals surface area (Å²) in [6.45, 7) is 0.725. The number of fused-ring (bicyclic) bond motifs is 1. The largest absolute Gasteiger partial charge is 0.383 e. The predicted molar refractivity (Wildman–Crippen MR) is 334 cm³/mol. The molecule has 0 amide bonds. The number of benzene rings is 5. The SMILES string of the molecule is B/C(CNc1c(B)c(B)c(-c2c(B)c(B)c(B)c(B)c2B)c(B)c1B)=C(B)/C(=C(/B)C#C)c1c(B)c(B)cc(-c2c(B)c(B)c(B)c3c(B)c(B)c(B)c(B)c23)c1B. The monoisotopic (exact) mass is 726 g/mol. The Labute approximate surface area is 370 Å². The molecule has 1 N–H and O–H groups in total. The lowest BCUT2D eigenvalue weighted by Gasteiger charge is -2.29. The first-order valence-electron chi connectivity index (χ1n) is 21.3. The molecular weight excluding hydrogens is 672 g/mol. The highest BCUT2D eigenvalue weighted by Gasteiger charge is 2.25. The van der Waals surface area contributed by atoms with Gasteiger partial charge < -0.3 is 5.32 Å². The number of rotatable bonds is 7. The molecule has 5 rings (SSSR count). The summed E-state index contributed by atoms with van der Waals surface area (Å²) in [6, 6.07) is 2.44. The van der Waals surface area contributed by atoms with E-state index in [9.17, 15) is 0 Å². The number of hydrogen-bond acceptors (Lipinski definition) is 1. The van der Waals surface area contributed by atoms with Gasteiger partial charge in [0, 0.05) is 12.2 Å². The fourth-order valence-electron chi connectivity index (χ4n) is 10.1. The minimum Gasteiger partial charge on any atom is -0.383 e. The molecule has 0 bridgehead atoms. The van der Waals surface area contributed by atoms with Gasteiger partial charge in [-0.05, 0) is 49.6 Å². The average Bonchev–Trinajstić information content (AvgIpc) is 3.19. The van der Waals surface area contributed by atoms with E-state index in [0.29, 0.717) is 0 Å². The second kappa shape index (κ2) is 16.9. The molecule has 0 atom stereocenters. The minimum atomic E-state index is 0.725. The molecule has 260 valence electrons. The smallest absolute Gasteiger partial charge is 0.151 e. The van der Waals surface area contributed by atoms with E-state index in [2.05, 4.69) is 190 Å². The molecule has 0 saturated heterocycles. The van der Waals surface area contributed by atoms with Gasteiger partial charge in [0.05, 0.1) is 0 Å². The van der Waals surface area contributed by atoms with Crippen molar-refractivity contribution in [3.05, 3.63) is 28.0 Å². The van der Waals surface area contributed by atoms with Crippen LogP contribution in [0, 0.1) is 12.3 Å². The van der Waals surface area contributed by atoms with Crippen LogP contribution in [0.4, 0.5) is 5.69 Å². The Morgan fingerprint density at radius 3 is 1.29 bits per heavy atom. The minimum absolute atomic E-state index is 0.725. The molecule has 5 aromatic carbocycles. The molecule has 0 aliphatic rings. The highest BCUT2D eigenvalue weighted by molar-refractivity contribution is 6.73. The lowest BCUT2D eigenvalue weighted by atomic mass is 9.56. The Balaban J connectivity index is 1.70. The summed E-state index contributed by atoms with van der Waals surface area (Å²) < 4.78 is 0. The van der Waals surface area contributed by atoms with Crippen LogP contribution in [0.25, 0.3) is 38.6 Å². The zero-order chi connectivity index (χ0) is 43.7. The van der Waals surface area contributed by atoms with Gasteiger partial charge in [0.15, 0.2) is 7.85 Å². The Morgan fingerprint density at radius 2 is 0.828 bits per heavy atom. The van der Waals surface area contributed by atoms with E-state index in [1.165, 1.54) is 165 Å². The Kier molecular flexibility index (Phi) is 13.4. The molecule has 0 aliphatic carbocycles. The molecule has 0 unspecified atom stereocenters. The molecule has 23 heteroatoms. The van der Waals surface area contributed by atoms with Gasteiger partial charge >= 0.3 is 0 Å². The van der Waals surface area contributed by atoms with Crippen molar-refractivity contribution in [2.24, 2.45) is 0 Å². The number of hydrogen-bond donors (Lipinski definition) is 1. The summed E-state index contributed by atoms with van der Waals surface area (Å²) in [6.07, 6.45) is 6.34. The quantitative estimate of drug-likeness (QED) is 0.100. The molecule has 1 nitrogen and oxygen atoms in total. The number of anilines is 1. The third-order valence-corrected chi connectivity index (χ3v) is 15.5. The van der Waals surface area contributed by atoms with Gasteiger partial charge in [-0.15, -0.1) is 39.2 Å². The third kappa shape index (κ3) is 7.20. The summed E-state index contributed by atoms with van der Waals surface area (Å²) >= 11 is 0. The summed E-state index contributed by atoms with van der Waals surface area (Å²) in [4.78, 5) is 0. The van der Waals surface area contributed by atoms with Gasteiger partial charge in [0.25, 0.3) is 0 Å². The van der Waals surface area contributed by atoms with Crippen molar-refractivity contribution < 1.29 is 0 Å². The molecule has 58 heavy (non-hydrogen) atoms. The van der Waals surface area contributed by atoms with E-state index in [0.717, 1.165) is 12.0 Å². The third-order valence-electron chi connectivity index (χ3n) is 15.5. The zero-order valence-corrected chi connectivity index (χ0v) is 40.4. The van der Waals surface area contributed by atoms with Crippen LogP contribution in [0.1, 0.15) is 5.56 Å². The maximum absolute atomic E-state index is 6.34. The van der Waals surface area contributed by atoms with Crippen LogP contribution in [0.15, 0.2) is 22.5 Å². The van der Waals surface area contributed by atoms with Crippen LogP contribution < -0.4 is 109 Å². The maximum Gasteiger partial charge on any atom is 0.151 e. The summed E-state index contributed by atoms with van der Waals surface area (Å²) in [5, 5.41) is 6.75. The van der Waals surface area contributed by atoms with Crippen LogP contribution in [0.3, 0.4) is 0 Å². The fraction of sp³-hybridized carbons (Fsp3) is 0.0286. The lowest BCUT2D eigenvalue weighted by Crippen LogP contribution is -2.57. The average molecular weight is 722 g/mol. The van der Waals surface area contributed by atoms with Crippen LogP contribution in [0.2, 0.25) is 0 Å². The van der Waals surface area contributed by atoms with Gasteiger partial charge in [0.1, 0.15) is 165 Å². The molecule has 0 fully saturated rings. The summed E-state index contributed by atoms with van der Waals surface area (Å²) in [5.74, 6) is 3.09. The van der Waals surface area contributed by atoms with Crippen molar-refractivity contribution >= 4 is 298 Å². The van der Waals surface area contributed by atoms with E-state index in [-0.39, 0.29) is 0 Å². The normalized spacial score (nSPS) is 12.2. The number of allylic oxidation sites excluding steroid dienone is 3. The highest BCUT2D eigenvalue weighted by atomic mass is 14.9. The molecule has 5 aromatic rings. The van der Waals surface area contributed by atoms with Crippen molar-refractivity contribution in [3.8, 4) is 34.6 Å². The molecule has 0 spiro atoms. The lowest BCUT2D eigenvalue weighted by molar-refractivity contribution is 1.32. The van der Waals surface area contributed by atoms with Gasteiger partial charge in [-0.2, -0.15) is 0 Å². The predicted octanol–water partition coefficient (Wildman–Crippen LogP) is -27.3. The van der Waals surface area contributed by atoms with E-state index >= 15 is 0 Å². The Bertz CT molecular complexity index is 2700. The topological polar surface area (TPSA) is 12.0 Å². The number of nitrogens with one attached hydrogen (secondary N) is 1. The summed E-state index contributed by atoms with van der Waals surface area (Å²) in [5.41, 5.74) is 38.5. The van der Waals surface area contributed by atoms with Crippen molar-refractivity contribution in [1.82, 2.24) is 0 Å². The highest BCUT2D eigenvalue weighted by Crippen LogP contribution is 2.27. The molecular formula is C35H49B22N. The Hall–Kier alpha value is -3.37. The second-order valence-electron chi connectivity index (χ2n) is 18.0. The Morgan fingerprint density at radius 1 is 0.448 bits per heavy atom. The van der Waals surface area contributed by atoms with E-state index < -0.39 is 0 Å².